The quantitative estimate of drug-likeness (QED) is 0.577. The molecule has 0 unspecified atom stereocenters. The summed E-state index contributed by atoms with van der Waals surface area (Å²) in [7, 11) is 3.26. The molecule has 148 valence electrons. The molecule has 0 radical (unpaired) electrons. The van der Waals surface area contributed by atoms with Gasteiger partial charge < -0.3 is 14.4 Å². The first-order chi connectivity index (χ1) is 14.1. The number of nitrogens with zero attached hydrogens (tertiary/aromatic N) is 2. The molecule has 2 heterocycles. The largest absolute Gasteiger partial charge is 0.493 e. The molecule has 0 aliphatic carbocycles. The maximum atomic E-state index is 13.4. The van der Waals surface area contributed by atoms with Crippen LogP contribution in [0.15, 0.2) is 65.4 Å². The van der Waals surface area contributed by atoms with Crippen LogP contribution in [0, 0.1) is 0 Å². The van der Waals surface area contributed by atoms with E-state index in [1.807, 2.05) is 41.3 Å². The monoisotopic (exact) mass is 452 g/mol. The molecule has 5 nitrogen and oxygen atoms in total. The van der Waals surface area contributed by atoms with E-state index >= 15 is 0 Å². The summed E-state index contributed by atoms with van der Waals surface area (Å²) in [4.78, 5) is 19.5. The average Bonchev–Trinajstić information content (AvgIpc) is 2.77. The first kappa shape index (κ1) is 19.5. The second-order valence-electron chi connectivity index (χ2n) is 6.86. The van der Waals surface area contributed by atoms with Crippen molar-refractivity contribution in [2.45, 2.75) is 12.5 Å². The molecule has 0 saturated heterocycles. The van der Waals surface area contributed by atoms with Crippen molar-refractivity contribution in [3.05, 3.63) is 87.7 Å². The van der Waals surface area contributed by atoms with Gasteiger partial charge in [-0.25, -0.2) is 0 Å². The van der Waals surface area contributed by atoms with Gasteiger partial charge in [0.05, 0.1) is 25.8 Å². The Morgan fingerprint density at radius 2 is 1.79 bits per heavy atom. The summed E-state index contributed by atoms with van der Waals surface area (Å²) in [6, 6.07) is 15.7. The lowest BCUT2D eigenvalue weighted by molar-refractivity contribution is 0.0693. The number of pyridine rings is 1. The summed E-state index contributed by atoms with van der Waals surface area (Å²) in [5.74, 6) is 1.31. The number of methoxy groups -OCH3 is 2. The fourth-order valence-corrected chi connectivity index (χ4v) is 4.22. The molecule has 3 aromatic rings. The third kappa shape index (κ3) is 3.72. The highest BCUT2D eigenvalue weighted by Gasteiger charge is 2.34. The van der Waals surface area contributed by atoms with E-state index < -0.39 is 0 Å². The number of carbonyl (C=O) groups excluding carboxylic acids is 1. The molecular formula is C23H21BrN2O3. The van der Waals surface area contributed by atoms with Gasteiger partial charge >= 0.3 is 0 Å². The summed E-state index contributed by atoms with van der Waals surface area (Å²) in [5, 5.41) is 0. The maximum Gasteiger partial charge on any atom is 0.256 e. The van der Waals surface area contributed by atoms with Gasteiger partial charge in [-0.05, 0) is 57.2 Å². The highest BCUT2D eigenvalue weighted by Crippen LogP contribution is 2.41. The third-order valence-electron chi connectivity index (χ3n) is 5.20. The van der Waals surface area contributed by atoms with Gasteiger partial charge in [0.2, 0.25) is 0 Å². The molecule has 4 rings (SSSR count). The molecule has 1 aromatic heterocycles. The van der Waals surface area contributed by atoms with Crippen LogP contribution in [0.2, 0.25) is 0 Å². The van der Waals surface area contributed by atoms with E-state index in [0.717, 1.165) is 27.6 Å². The molecule has 0 spiro atoms. The predicted molar refractivity (Wildman–Crippen MR) is 115 cm³/mol. The van der Waals surface area contributed by atoms with Crippen molar-refractivity contribution in [2.24, 2.45) is 0 Å². The predicted octanol–water partition coefficient (Wildman–Crippen LogP) is 4.65. The SMILES string of the molecule is COc1cc2c(cc1OC)[C@@H](c1ccccc1)N(C(=O)c1cncc(Br)c1)CC2. The van der Waals surface area contributed by atoms with Crippen molar-refractivity contribution < 1.29 is 14.3 Å². The molecule has 1 amide bonds. The molecule has 1 aliphatic heterocycles. The Kier molecular flexibility index (Phi) is 5.53. The van der Waals surface area contributed by atoms with Crippen molar-refractivity contribution >= 4 is 21.8 Å². The van der Waals surface area contributed by atoms with Gasteiger partial charge in [0, 0.05) is 23.4 Å². The van der Waals surface area contributed by atoms with Crippen molar-refractivity contribution in [1.82, 2.24) is 9.88 Å². The van der Waals surface area contributed by atoms with E-state index in [2.05, 4.69) is 33.0 Å². The Hall–Kier alpha value is -2.86. The number of halogens is 1. The Morgan fingerprint density at radius 3 is 2.48 bits per heavy atom. The molecule has 1 atom stereocenters. The zero-order valence-corrected chi connectivity index (χ0v) is 17.8. The summed E-state index contributed by atoms with van der Waals surface area (Å²) in [5.41, 5.74) is 3.82. The molecule has 0 bridgehead atoms. The molecule has 0 saturated carbocycles. The Labute approximate surface area is 178 Å². The lowest BCUT2D eigenvalue weighted by atomic mass is 9.87. The van der Waals surface area contributed by atoms with E-state index in [9.17, 15) is 4.79 Å². The van der Waals surface area contributed by atoms with Crippen LogP contribution >= 0.6 is 15.9 Å². The van der Waals surface area contributed by atoms with E-state index in [1.165, 1.54) is 0 Å². The topological polar surface area (TPSA) is 51.7 Å². The molecule has 0 N–H and O–H groups in total. The average molecular weight is 453 g/mol. The van der Waals surface area contributed by atoms with Gasteiger partial charge in [-0.15, -0.1) is 0 Å². The molecular weight excluding hydrogens is 432 g/mol. The van der Waals surface area contributed by atoms with Crippen LogP contribution in [-0.4, -0.2) is 36.6 Å². The van der Waals surface area contributed by atoms with Crippen LogP contribution in [0.25, 0.3) is 0 Å². The molecule has 1 aliphatic rings. The number of hydrogen-bond donors (Lipinski definition) is 0. The zero-order valence-electron chi connectivity index (χ0n) is 16.3. The lowest BCUT2D eigenvalue weighted by Crippen LogP contribution is -2.40. The van der Waals surface area contributed by atoms with E-state index in [0.29, 0.717) is 23.6 Å². The number of amides is 1. The van der Waals surface area contributed by atoms with Crippen molar-refractivity contribution in [3.63, 3.8) is 0 Å². The smallest absolute Gasteiger partial charge is 0.256 e. The van der Waals surface area contributed by atoms with Crippen LogP contribution < -0.4 is 9.47 Å². The van der Waals surface area contributed by atoms with Crippen LogP contribution in [0.5, 0.6) is 11.5 Å². The number of ether oxygens (including phenoxy) is 2. The number of carbonyl (C=O) groups is 1. The van der Waals surface area contributed by atoms with Crippen LogP contribution in [0.1, 0.15) is 33.1 Å². The number of benzene rings is 2. The Bertz CT molecular complexity index is 1040. The molecule has 29 heavy (non-hydrogen) atoms. The second-order valence-corrected chi connectivity index (χ2v) is 7.78. The Morgan fingerprint density at radius 1 is 1.07 bits per heavy atom. The minimum absolute atomic E-state index is 0.0481. The number of rotatable bonds is 4. The highest BCUT2D eigenvalue weighted by atomic mass is 79.9. The zero-order chi connectivity index (χ0) is 20.4. The summed E-state index contributed by atoms with van der Waals surface area (Å²) >= 11 is 3.41. The summed E-state index contributed by atoms with van der Waals surface area (Å²) in [6.07, 6.45) is 4.03. The first-order valence-corrected chi connectivity index (χ1v) is 10.1. The second kappa shape index (κ2) is 8.25. The van der Waals surface area contributed by atoms with E-state index in [1.54, 1.807) is 26.6 Å². The minimum atomic E-state index is -0.216. The van der Waals surface area contributed by atoms with Gasteiger partial charge in [0.1, 0.15) is 0 Å². The standard InChI is InChI=1S/C23H21BrN2O3/c1-28-20-11-16-8-9-26(23(27)17-10-18(24)14-25-13-17)22(15-6-4-3-5-7-15)19(16)12-21(20)29-2/h3-7,10-14,22H,8-9H2,1-2H3/t22-/m1/s1. The fraction of sp³-hybridized carbons (Fsp3) is 0.217. The van der Waals surface area contributed by atoms with E-state index in [-0.39, 0.29) is 11.9 Å². The number of hydrogen-bond acceptors (Lipinski definition) is 4. The molecule has 0 fully saturated rings. The number of fused-ring (bicyclic) bond motifs is 1. The highest BCUT2D eigenvalue weighted by molar-refractivity contribution is 9.10. The van der Waals surface area contributed by atoms with Crippen LogP contribution in [-0.2, 0) is 6.42 Å². The van der Waals surface area contributed by atoms with Gasteiger partial charge in [-0.3, -0.25) is 9.78 Å². The third-order valence-corrected chi connectivity index (χ3v) is 5.64. The summed E-state index contributed by atoms with van der Waals surface area (Å²) in [6.45, 7) is 0.605. The normalized spacial score (nSPS) is 15.6. The summed E-state index contributed by atoms with van der Waals surface area (Å²) < 4.78 is 11.8. The fourth-order valence-electron chi connectivity index (χ4n) is 3.85. The van der Waals surface area contributed by atoms with E-state index in [4.69, 9.17) is 9.47 Å². The lowest BCUT2D eigenvalue weighted by Gasteiger charge is -2.38. The number of aromatic nitrogens is 1. The maximum absolute atomic E-state index is 13.4. The Balaban J connectivity index is 1.84. The van der Waals surface area contributed by atoms with Crippen LogP contribution in [0.4, 0.5) is 0 Å². The van der Waals surface area contributed by atoms with Crippen molar-refractivity contribution in [1.29, 1.82) is 0 Å². The first-order valence-electron chi connectivity index (χ1n) is 9.33. The van der Waals surface area contributed by atoms with Gasteiger partial charge in [0.25, 0.3) is 5.91 Å². The molecule has 6 heteroatoms. The van der Waals surface area contributed by atoms with Crippen molar-refractivity contribution in [2.75, 3.05) is 20.8 Å². The van der Waals surface area contributed by atoms with Gasteiger partial charge in [-0.1, -0.05) is 30.3 Å². The van der Waals surface area contributed by atoms with Crippen LogP contribution in [0.3, 0.4) is 0 Å². The molecule has 2 aromatic carbocycles. The van der Waals surface area contributed by atoms with Gasteiger partial charge in [0.15, 0.2) is 11.5 Å². The minimum Gasteiger partial charge on any atom is -0.493 e. The van der Waals surface area contributed by atoms with Crippen molar-refractivity contribution in [3.8, 4) is 11.5 Å². The van der Waals surface area contributed by atoms with Gasteiger partial charge in [-0.2, -0.15) is 0 Å².